The molecule has 29 heavy (non-hydrogen) atoms. The van der Waals surface area contributed by atoms with Crippen molar-refractivity contribution in [3.63, 3.8) is 0 Å². The molecule has 1 aromatic heterocycles. The maximum Gasteiger partial charge on any atom is 0.241 e. The van der Waals surface area contributed by atoms with Gasteiger partial charge in [0.1, 0.15) is 18.4 Å². The van der Waals surface area contributed by atoms with Gasteiger partial charge in [-0.1, -0.05) is 18.2 Å². The zero-order valence-electron chi connectivity index (χ0n) is 16.5. The normalized spacial score (nSPS) is 23.9. The summed E-state index contributed by atoms with van der Waals surface area (Å²) in [7, 11) is 0. The summed E-state index contributed by atoms with van der Waals surface area (Å²) in [5.41, 5.74) is 7.87. The van der Waals surface area contributed by atoms with Crippen LogP contribution in [0.1, 0.15) is 48.3 Å². The quantitative estimate of drug-likeness (QED) is 0.732. The van der Waals surface area contributed by atoms with Crippen molar-refractivity contribution in [3.8, 4) is 5.75 Å². The molecule has 3 unspecified atom stereocenters. The number of likely N-dealkylation sites (tertiary alicyclic amines) is 1. The number of nitrogens with one attached hydrogen (secondary N) is 2. The predicted octanol–water partition coefficient (Wildman–Crippen LogP) is 2.26. The molecule has 1 aromatic carbocycles. The van der Waals surface area contributed by atoms with Crippen LogP contribution in [0.15, 0.2) is 48.7 Å². The monoisotopic (exact) mass is 394 g/mol. The van der Waals surface area contributed by atoms with Crippen LogP contribution in [0.5, 0.6) is 5.75 Å². The number of hydrogen-bond donors (Lipinski definition) is 2. The number of amides is 1. The molecule has 2 saturated heterocycles. The Balaban J connectivity index is 1.33. The summed E-state index contributed by atoms with van der Waals surface area (Å²) in [6, 6.07) is 12.8. The van der Waals surface area contributed by atoms with Crippen LogP contribution in [0.4, 0.5) is 0 Å². The topological polar surface area (TPSA) is 83.6 Å². The standard InChI is InChI=1S/C22H26N4O3/c1-15(27)16-6-4-7-18(12-16)29-14-17-13-20(25-24-17)22(28)26-11-5-9-21(26)19-8-2-3-10-23-19/h2-4,6-8,10,12,17,20-21,24-25H,5,9,11,13-14H2,1H3. The van der Waals surface area contributed by atoms with Crippen molar-refractivity contribution < 1.29 is 14.3 Å². The van der Waals surface area contributed by atoms with E-state index in [0.717, 1.165) is 25.1 Å². The van der Waals surface area contributed by atoms with Crippen molar-refractivity contribution in [3.05, 3.63) is 59.9 Å². The average Bonchev–Trinajstić information content (AvgIpc) is 3.42. The number of carbonyl (C=O) groups excluding carboxylic acids is 2. The first-order valence-electron chi connectivity index (χ1n) is 10.1. The molecular formula is C22H26N4O3. The van der Waals surface area contributed by atoms with E-state index in [0.29, 0.717) is 24.3 Å². The SMILES string of the molecule is CC(=O)c1cccc(OCC2CC(C(=O)N3CCCC3c3ccccn3)NN2)c1. The highest BCUT2D eigenvalue weighted by Crippen LogP contribution is 2.31. The Morgan fingerprint density at radius 2 is 2.10 bits per heavy atom. The van der Waals surface area contributed by atoms with Gasteiger partial charge in [-0.05, 0) is 50.5 Å². The smallest absolute Gasteiger partial charge is 0.241 e. The number of hydrogen-bond acceptors (Lipinski definition) is 6. The van der Waals surface area contributed by atoms with E-state index in [-0.39, 0.29) is 29.8 Å². The highest BCUT2D eigenvalue weighted by molar-refractivity contribution is 5.94. The Morgan fingerprint density at radius 1 is 1.21 bits per heavy atom. The first-order chi connectivity index (χ1) is 14.1. The van der Waals surface area contributed by atoms with Crippen molar-refractivity contribution in [1.82, 2.24) is 20.7 Å². The van der Waals surface area contributed by atoms with Gasteiger partial charge in [0.05, 0.1) is 17.8 Å². The summed E-state index contributed by atoms with van der Waals surface area (Å²) < 4.78 is 5.84. The molecular weight excluding hydrogens is 368 g/mol. The molecule has 2 N–H and O–H groups in total. The predicted molar refractivity (Wildman–Crippen MR) is 108 cm³/mol. The average molecular weight is 394 g/mol. The lowest BCUT2D eigenvalue weighted by Crippen LogP contribution is -2.45. The van der Waals surface area contributed by atoms with Gasteiger partial charge >= 0.3 is 0 Å². The Labute approximate surface area is 170 Å². The molecule has 0 spiro atoms. The third-order valence-corrected chi connectivity index (χ3v) is 5.54. The molecule has 4 rings (SSSR count). The lowest BCUT2D eigenvalue weighted by Gasteiger charge is -2.26. The first-order valence-corrected chi connectivity index (χ1v) is 10.1. The van der Waals surface area contributed by atoms with Crippen molar-refractivity contribution in [2.75, 3.05) is 13.2 Å². The summed E-state index contributed by atoms with van der Waals surface area (Å²) in [5.74, 6) is 0.769. The molecule has 0 aliphatic carbocycles. The van der Waals surface area contributed by atoms with Crippen LogP contribution in [0.2, 0.25) is 0 Å². The lowest BCUT2D eigenvalue weighted by molar-refractivity contribution is -0.134. The van der Waals surface area contributed by atoms with Gasteiger partial charge < -0.3 is 9.64 Å². The molecule has 2 aromatic rings. The molecule has 0 bridgehead atoms. The number of pyridine rings is 1. The number of carbonyl (C=O) groups is 2. The van der Waals surface area contributed by atoms with Crippen LogP contribution in [0.3, 0.4) is 0 Å². The second-order valence-electron chi connectivity index (χ2n) is 7.61. The van der Waals surface area contributed by atoms with Gasteiger partial charge in [0.25, 0.3) is 0 Å². The number of rotatable bonds is 6. The third-order valence-electron chi connectivity index (χ3n) is 5.54. The minimum atomic E-state index is -0.281. The Bertz CT molecular complexity index is 873. The van der Waals surface area contributed by atoms with E-state index in [1.54, 1.807) is 18.3 Å². The van der Waals surface area contributed by atoms with Crippen LogP contribution >= 0.6 is 0 Å². The fraction of sp³-hybridized carbons (Fsp3) is 0.409. The molecule has 0 radical (unpaired) electrons. The first kappa shape index (κ1) is 19.5. The van der Waals surface area contributed by atoms with Crippen molar-refractivity contribution in [2.24, 2.45) is 0 Å². The number of ketones is 1. The van der Waals surface area contributed by atoms with Gasteiger partial charge in [-0.25, -0.2) is 5.43 Å². The number of hydrazine groups is 1. The van der Waals surface area contributed by atoms with E-state index >= 15 is 0 Å². The Kier molecular flexibility index (Phi) is 5.87. The van der Waals surface area contributed by atoms with E-state index in [1.165, 1.54) is 6.92 Å². The van der Waals surface area contributed by atoms with E-state index in [2.05, 4.69) is 15.8 Å². The Morgan fingerprint density at radius 3 is 2.90 bits per heavy atom. The van der Waals surface area contributed by atoms with Gasteiger partial charge in [-0.2, -0.15) is 0 Å². The van der Waals surface area contributed by atoms with Crippen LogP contribution in [-0.2, 0) is 4.79 Å². The van der Waals surface area contributed by atoms with Crippen molar-refractivity contribution >= 4 is 11.7 Å². The van der Waals surface area contributed by atoms with Crippen molar-refractivity contribution in [2.45, 2.75) is 44.3 Å². The molecule has 2 fully saturated rings. The van der Waals surface area contributed by atoms with Crippen LogP contribution in [0.25, 0.3) is 0 Å². The molecule has 0 saturated carbocycles. The number of aromatic nitrogens is 1. The van der Waals surface area contributed by atoms with Crippen molar-refractivity contribution in [1.29, 1.82) is 0 Å². The summed E-state index contributed by atoms with van der Waals surface area (Å²) in [6.45, 7) is 2.72. The third kappa shape index (κ3) is 4.46. The molecule has 7 heteroatoms. The number of Topliss-reactive ketones (excluding diaryl/α,β-unsaturated/α-hetero) is 1. The largest absolute Gasteiger partial charge is 0.492 e. The minimum Gasteiger partial charge on any atom is -0.492 e. The second-order valence-corrected chi connectivity index (χ2v) is 7.61. The summed E-state index contributed by atoms with van der Waals surface area (Å²) in [4.78, 5) is 31.0. The molecule has 3 heterocycles. The molecule has 2 aliphatic heterocycles. The van der Waals surface area contributed by atoms with E-state index in [1.807, 2.05) is 35.2 Å². The highest BCUT2D eigenvalue weighted by Gasteiger charge is 2.38. The Hall–Kier alpha value is -2.77. The van der Waals surface area contributed by atoms with Crippen LogP contribution < -0.4 is 15.6 Å². The summed E-state index contributed by atoms with van der Waals surface area (Å²) >= 11 is 0. The molecule has 2 aliphatic rings. The highest BCUT2D eigenvalue weighted by atomic mass is 16.5. The van der Waals surface area contributed by atoms with Gasteiger partial charge in [-0.3, -0.25) is 20.0 Å². The van der Waals surface area contributed by atoms with Crippen LogP contribution in [-0.4, -0.2) is 46.8 Å². The van der Waals surface area contributed by atoms with Gasteiger partial charge in [0, 0.05) is 18.3 Å². The number of benzene rings is 1. The number of nitrogens with zero attached hydrogens (tertiary/aromatic N) is 2. The van der Waals surface area contributed by atoms with Crippen LogP contribution in [0, 0.1) is 0 Å². The lowest BCUT2D eigenvalue weighted by atomic mass is 10.1. The van der Waals surface area contributed by atoms with E-state index in [9.17, 15) is 9.59 Å². The number of ether oxygens (including phenoxy) is 1. The zero-order valence-corrected chi connectivity index (χ0v) is 16.5. The van der Waals surface area contributed by atoms with Gasteiger partial charge in [0.15, 0.2) is 5.78 Å². The maximum absolute atomic E-state index is 13.1. The fourth-order valence-corrected chi connectivity index (χ4v) is 4.01. The molecule has 7 nitrogen and oxygen atoms in total. The molecule has 152 valence electrons. The zero-order chi connectivity index (χ0) is 20.2. The summed E-state index contributed by atoms with van der Waals surface area (Å²) in [5, 5.41) is 0. The van der Waals surface area contributed by atoms with E-state index in [4.69, 9.17) is 4.74 Å². The molecule has 3 atom stereocenters. The minimum absolute atomic E-state index is 0.00911. The van der Waals surface area contributed by atoms with Gasteiger partial charge in [0.2, 0.25) is 5.91 Å². The van der Waals surface area contributed by atoms with E-state index < -0.39 is 0 Å². The second kappa shape index (κ2) is 8.71. The van der Waals surface area contributed by atoms with Gasteiger partial charge in [-0.15, -0.1) is 0 Å². The fourth-order valence-electron chi connectivity index (χ4n) is 4.01. The molecule has 1 amide bonds. The maximum atomic E-state index is 13.1. The summed E-state index contributed by atoms with van der Waals surface area (Å²) in [6.07, 6.45) is 4.37.